The molecular formula is C12H13N3O5S. The molecule has 0 saturated heterocycles. The Labute approximate surface area is 120 Å². The van der Waals surface area contributed by atoms with E-state index in [1.165, 1.54) is 6.07 Å². The number of carbonyl (C=O) groups is 1. The first kappa shape index (κ1) is 14.9. The van der Waals surface area contributed by atoms with Crippen molar-refractivity contribution in [2.45, 2.75) is 18.4 Å². The molecule has 0 aliphatic heterocycles. The van der Waals surface area contributed by atoms with Gasteiger partial charge in [0.2, 0.25) is 0 Å². The number of H-pyrrole nitrogens is 1. The van der Waals surface area contributed by atoms with E-state index in [1.54, 1.807) is 0 Å². The number of anilines is 1. The maximum Gasteiger partial charge on any atom is 0.335 e. The van der Waals surface area contributed by atoms with Crippen molar-refractivity contribution in [3.8, 4) is 5.75 Å². The van der Waals surface area contributed by atoms with Crippen molar-refractivity contribution >= 4 is 21.7 Å². The number of hydrogen-bond donors (Lipinski definition) is 4. The Hall–Kier alpha value is -2.55. The Morgan fingerprint density at radius 1 is 1.43 bits per heavy atom. The molecule has 0 aliphatic rings. The molecule has 1 aromatic carbocycles. The van der Waals surface area contributed by atoms with Crippen LogP contribution in [0.5, 0.6) is 5.75 Å². The van der Waals surface area contributed by atoms with Gasteiger partial charge in [-0.05, 0) is 18.2 Å². The lowest BCUT2D eigenvalue weighted by Gasteiger charge is -2.09. The van der Waals surface area contributed by atoms with Crippen LogP contribution < -0.4 is 4.72 Å². The number of carboxylic acids is 1. The number of phenols is 1. The number of aromatic carboxylic acids is 1. The summed E-state index contributed by atoms with van der Waals surface area (Å²) in [5.41, 5.74) is -0.369. The first-order chi connectivity index (χ1) is 9.83. The van der Waals surface area contributed by atoms with Crippen molar-refractivity contribution in [2.24, 2.45) is 0 Å². The van der Waals surface area contributed by atoms with Gasteiger partial charge in [-0.25, -0.2) is 9.78 Å². The molecular weight excluding hydrogens is 298 g/mol. The quantitative estimate of drug-likeness (QED) is 0.613. The summed E-state index contributed by atoms with van der Waals surface area (Å²) >= 11 is 0. The molecule has 0 unspecified atom stereocenters. The zero-order chi connectivity index (χ0) is 15.6. The highest BCUT2D eigenvalue weighted by molar-refractivity contribution is 7.92. The monoisotopic (exact) mass is 311 g/mol. The smallest absolute Gasteiger partial charge is 0.335 e. The zero-order valence-corrected chi connectivity index (χ0v) is 11.8. The number of sulfonamides is 1. The number of phenolic OH excluding ortho intramolecular Hbond substituents is 1. The number of aromatic hydroxyl groups is 1. The number of carboxylic acid groups (broad SMARTS) is 1. The molecule has 0 amide bonds. The third-order valence-electron chi connectivity index (χ3n) is 2.72. The van der Waals surface area contributed by atoms with Gasteiger partial charge in [0.15, 0.2) is 5.03 Å². The Morgan fingerprint density at radius 3 is 2.71 bits per heavy atom. The molecule has 0 aliphatic carbocycles. The molecule has 4 N–H and O–H groups in total. The highest BCUT2D eigenvalue weighted by Gasteiger charge is 2.19. The van der Waals surface area contributed by atoms with Gasteiger partial charge in [-0.1, -0.05) is 6.92 Å². The lowest BCUT2D eigenvalue weighted by molar-refractivity contribution is 0.0697. The second-order valence-electron chi connectivity index (χ2n) is 4.19. The van der Waals surface area contributed by atoms with Crippen molar-refractivity contribution in [2.75, 3.05) is 4.72 Å². The lowest BCUT2D eigenvalue weighted by Crippen LogP contribution is -2.14. The third-order valence-corrected chi connectivity index (χ3v) is 3.99. The minimum atomic E-state index is -3.99. The molecule has 2 rings (SSSR count). The Balaban J connectivity index is 2.36. The summed E-state index contributed by atoms with van der Waals surface area (Å²) in [6, 6.07) is 3.30. The average Bonchev–Trinajstić information content (AvgIpc) is 2.90. The van der Waals surface area contributed by atoms with Crippen LogP contribution in [0.25, 0.3) is 0 Å². The number of aromatic nitrogens is 2. The molecule has 0 saturated carbocycles. The number of hydrogen-bond acceptors (Lipinski definition) is 5. The fourth-order valence-electron chi connectivity index (χ4n) is 1.61. The van der Waals surface area contributed by atoms with Crippen molar-refractivity contribution in [3.63, 3.8) is 0 Å². The summed E-state index contributed by atoms with van der Waals surface area (Å²) < 4.78 is 26.4. The van der Waals surface area contributed by atoms with Crippen molar-refractivity contribution in [1.82, 2.24) is 9.97 Å². The van der Waals surface area contributed by atoms with Crippen LogP contribution in [-0.4, -0.2) is 34.6 Å². The van der Waals surface area contributed by atoms with Crippen molar-refractivity contribution in [1.29, 1.82) is 0 Å². The summed E-state index contributed by atoms with van der Waals surface area (Å²) in [4.78, 5) is 17.4. The molecule has 1 aromatic heterocycles. The predicted molar refractivity (Wildman–Crippen MR) is 73.8 cm³/mol. The third kappa shape index (κ3) is 3.14. The van der Waals surface area contributed by atoms with Crippen LogP contribution in [0.1, 0.15) is 23.1 Å². The number of imidazole rings is 1. The Morgan fingerprint density at radius 2 is 2.14 bits per heavy atom. The number of rotatable bonds is 5. The molecule has 9 heteroatoms. The normalized spacial score (nSPS) is 11.3. The second kappa shape index (κ2) is 5.44. The topological polar surface area (TPSA) is 132 Å². The summed E-state index contributed by atoms with van der Waals surface area (Å²) in [5.74, 6) is -1.11. The van der Waals surface area contributed by atoms with Gasteiger partial charge in [-0.2, -0.15) is 8.42 Å². The molecule has 1 heterocycles. The van der Waals surface area contributed by atoms with Crippen molar-refractivity contribution < 1.29 is 23.4 Å². The van der Waals surface area contributed by atoms with Crippen molar-refractivity contribution in [3.05, 3.63) is 35.8 Å². The van der Waals surface area contributed by atoms with Gasteiger partial charge < -0.3 is 15.2 Å². The number of nitrogens with one attached hydrogen (secondary N) is 2. The molecule has 0 spiro atoms. The van der Waals surface area contributed by atoms with Gasteiger partial charge >= 0.3 is 5.97 Å². The Kier molecular flexibility index (Phi) is 3.85. The van der Waals surface area contributed by atoms with E-state index in [9.17, 15) is 18.3 Å². The number of aromatic amines is 1. The maximum absolute atomic E-state index is 12.1. The highest BCUT2D eigenvalue weighted by Crippen LogP contribution is 2.26. The van der Waals surface area contributed by atoms with Crippen LogP contribution in [-0.2, 0) is 16.4 Å². The van der Waals surface area contributed by atoms with E-state index in [2.05, 4.69) is 14.7 Å². The molecule has 112 valence electrons. The van der Waals surface area contributed by atoms with Gasteiger partial charge in [0.25, 0.3) is 10.0 Å². The number of benzene rings is 1. The largest absolute Gasteiger partial charge is 0.506 e. The molecule has 0 radical (unpaired) electrons. The minimum Gasteiger partial charge on any atom is -0.506 e. The minimum absolute atomic E-state index is 0.149. The zero-order valence-electron chi connectivity index (χ0n) is 11.0. The van der Waals surface area contributed by atoms with E-state index >= 15 is 0 Å². The van der Waals surface area contributed by atoms with Crippen LogP contribution >= 0.6 is 0 Å². The van der Waals surface area contributed by atoms with E-state index in [4.69, 9.17) is 5.11 Å². The van der Waals surface area contributed by atoms with Gasteiger partial charge in [0, 0.05) is 6.42 Å². The molecule has 0 atom stereocenters. The molecule has 0 bridgehead atoms. The van der Waals surface area contributed by atoms with E-state index in [-0.39, 0.29) is 22.0 Å². The van der Waals surface area contributed by atoms with E-state index < -0.39 is 16.0 Å². The van der Waals surface area contributed by atoms with Crippen LogP contribution in [0.2, 0.25) is 0 Å². The highest BCUT2D eigenvalue weighted by atomic mass is 32.2. The van der Waals surface area contributed by atoms with Gasteiger partial charge in [0.05, 0.1) is 17.4 Å². The fraction of sp³-hybridized carbons (Fsp3) is 0.167. The van der Waals surface area contributed by atoms with Crippen LogP contribution in [0.4, 0.5) is 5.69 Å². The second-order valence-corrected chi connectivity index (χ2v) is 5.84. The first-order valence-electron chi connectivity index (χ1n) is 5.96. The molecule has 21 heavy (non-hydrogen) atoms. The van der Waals surface area contributed by atoms with E-state index in [0.29, 0.717) is 12.2 Å². The standard InChI is InChI=1S/C12H13N3O5S/c1-2-10-13-6-11(14-10)21(19,20)15-8-5-7(12(17)18)3-4-9(8)16/h3-6,15-16H,2H2,1H3,(H,13,14)(H,17,18). The maximum atomic E-state index is 12.1. The summed E-state index contributed by atoms with van der Waals surface area (Å²) in [6.07, 6.45) is 1.69. The summed E-state index contributed by atoms with van der Waals surface area (Å²) in [7, 11) is -3.99. The summed E-state index contributed by atoms with van der Waals surface area (Å²) in [6.45, 7) is 1.81. The summed E-state index contributed by atoms with van der Waals surface area (Å²) in [5, 5.41) is 18.3. The average molecular weight is 311 g/mol. The van der Waals surface area contributed by atoms with Gasteiger partial charge in [-0.15, -0.1) is 0 Å². The van der Waals surface area contributed by atoms with Crippen LogP contribution in [0.3, 0.4) is 0 Å². The predicted octanol–water partition coefficient (Wildman–Crippen LogP) is 1.18. The van der Waals surface area contributed by atoms with Crippen LogP contribution in [0.15, 0.2) is 29.4 Å². The fourth-order valence-corrected chi connectivity index (χ4v) is 2.62. The Bertz CT molecular complexity index is 782. The number of nitrogens with zero attached hydrogens (tertiary/aromatic N) is 1. The van der Waals surface area contributed by atoms with E-state index in [0.717, 1.165) is 18.3 Å². The molecule has 8 nitrogen and oxygen atoms in total. The lowest BCUT2D eigenvalue weighted by atomic mass is 10.2. The van der Waals surface area contributed by atoms with Crippen LogP contribution in [0, 0.1) is 0 Å². The first-order valence-corrected chi connectivity index (χ1v) is 7.45. The molecule has 2 aromatic rings. The SMILES string of the molecule is CCc1ncc(S(=O)(=O)Nc2cc(C(=O)O)ccc2O)[nH]1. The van der Waals surface area contributed by atoms with Gasteiger partial charge in [0.1, 0.15) is 11.6 Å². The number of aryl methyl sites for hydroxylation is 1. The van der Waals surface area contributed by atoms with E-state index in [1.807, 2.05) is 6.92 Å². The van der Waals surface area contributed by atoms with Gasteiger partial charge in [-0.3, -0.25) is 4.72 Å². The molecule has 0 fully saturated rings.